The van der Waals surface area contributed by atoms with Crippen molar-refractivity contribution in [1.29, 1.82) is 0 Å². The Balaban J connectivity index is 1.44. The molecule has 0 saturated heterocycles. The molecule has 230 valence electrons. The number of rotatable bonds is 4. The van der Waals surface area contributed by atoms with Crippen molar-refractivity contribution in [2.24, 2.45) is 0 Å². The largest absolute Gasteiger partial charge is 0.0616 e. The quantitative estimate of drug-likeness (QED) is 0.137. The van der Waals surface area contributed by atoms with Crippen LogP contribution in [0.15, 0.2) is 146 Å². The van der Waals surface area contributed by atoms with Crippen LogP contribution in [0.4, 0.5) is 0 Å². The molecule has 0 spiro atoms. The monoisotopic (exact) mass is 614 g/mol. The van der Waals surface area contributed by atoms with Crippen LogP contribution in [0.3, 0.4) is 0 Å². The Labute approximate surface area is 282 Å². The normalized spacial score (nSPS) is 12.1. The molecule has 0 N–H and O–H groups in total. The minimum absolute atomic E-state index is 0.372. The van der Waals surface area contributed by atoms with Crippen molar-refractivity contribution in [3.63, 3.8) is 0 Å². The predicted octanol–water partition coefficient (Wildman–Crippen LogP) is 14.2. The van der Waals surface area contributed by atoms with Crippen LogP contribution in [0.25, 0.3) is 86.9 Å². The topological polar surface area (TPSA) is 0 Å². The summed E-state index contributed by atoms with van der Waals surface area (Å²) < 4.78 is 0. The number of fused-ring (bicyclic) bond motifs is 9. The second-order valence-corrected chi connectivity index (χ2v) is 14.1. The van der Waals surface area contributed by atoms with Crippen molar-refractivity contribution in [3.05, 3.63) is 157 Å². The van der Waals surface area contributed by atoms with Crippen LogP contribution in [-0.4, -0.2) is 0 Å². The van der Waals surface area contributed by atoms with E-state index in [1.165, 1.54) is 98.0 Å². The van der Waals surface area contributed by atoms with Gasteiger partial charge in [-0.2, -0.15) is 0 Å². The van der Waals surface area contributed by atoms with E-state index < -0.39 is 0 Å². The molecular formula is C48H38. The fourth-order valence-corrected chi connectivity index (χ4v) is 8.32. The van der Waals surface area contributed by atoms with Gasteiger partial charge in [-0.25, -0.2) is 0 Å². The molecular weight excluding hydrogens is 577 g/mol. The third kappa shape index (κ3) is 4.44. The Morgan fingerprint density at radius 2 is 0.646 bits per heavy atom. The van der Waals surface area contributed by atoms with Gasteiger partial charge in [0.25, 0.3) is 0 Å². The molecule has 0 nitrogen and oxygen atoms in total. The van der Waals surface area contributed by atoms with E-state index in [1.807, 2.05) is 0 Å². The van der Waals surface area contributed by atoms with E-state index in [0.29, 0.717) is 11.8 Å². The van der Waals surface area contributed by atoms with Crippen LogP contribution in [0.2, 0.25) is 0 Å². The second-order valence-electron chi connectivity index (χ2n) is 14.1. The van der Waals surface area contributed by atoms with E-state index in [4.69, 9.17) is 0 Å². The van der Waals surface area contributed by atoms with Gasteiger partial charge in [-0.1, -0.05) is 149 Å². The average molecular weight is 615 g/mol. The first-order valence-electron chi connectivity index (χ1n) is 17.3. The molecule has 0 atom stereocenters. The third-order valence-electron chi connectivity index (χ3n) is 10.5. The van der Waals surface area contributed by atoms with Gasteiger partial charge in [0.1, 0.15) is 0 Å². The van der Waals surface area contributed by atoms with E-state index in [9.17, 15) is 0 Å². The molecule has 0 fully saturated rings. The van der Waals surface area contributed by atoms with E-state index >= 15 is 0 Å². The lowest BCUT2D eigenvalue weighted by Gasteiger charge is -2.24. The highest BCUT2D eigenvalue weighted by atomic mass is 14.3. The molecule has 0 radical (unpaired) electrons. The summed E-state index contributed by atoms with van der Waals surface area (Å²) in [6.07, 6.45) is 0. The lowest BCUT2D eigenvalue weighted by Crippen LogP contribution is -2.01. The first-order chi connectivity index (χ1) is 23.5. The van der Waals surface area contributed by atoms with Crippen molar-refractivity contribution in [2.45, 2.75) is 39.5 Å². The summed E-state index contributed by atoms with van der Waals surface area (Å²) in [5.41, 5.74) is 7.91. The Morgan fingerprint density at radius 1 is 0.292 bits per heavy atom. The molecule has 0 saturated carbocycles. The van der Waals surface area contributed by atoms with E-state index in [-0.39, 0.29) is 0 Å². The standard InChI is InChI=1S/C48H38/c1-29(2)45-39-15-9-10-16-40(39)46(30(3)4)48-42-24-22-38(36-20-18-32-12-6-8-14-34(32)26-36)28-44(42)43-27-37(21-23-41(43)47(45)48)35-19-17-31-11-5-7-13-33(31)25-35/h5-30H,1-4H3. The van der Waals surface area contributed by atoms with Gasteiger partial charge in [0.15, 0.2) is 0 Å². The minimum Gasteiger partial charge on any atom is -0.0616 e. The van der Waals surface area contributed by atoms with Crippen molar-refractivity contribution in [3.8, 4) is 22.3 Å². The predicted molar refractivity (Wildman–Crippen MR) is 211 cm³/mol. The molecule has 0 heterocycles. The maximum atomic E-state index is 2.46. The molecule has 0 unspecified atom stereocenters. The van der Waals surface area contributed by atoms with Crippen molar-refractivity contribution < 1.29 is 0 Å². The Morgan fingerprint density at radius 3 is 1.06 bits per heavy atom. The zero-order valence-electron chi connectivity index (χ0n) is 28.0. The Bertz CT molecular complexity index is 2530. The van der Waals surface area contributed by atoms with Crippen LogP contribution in [0, 0.1) is 0 Å². The molecule has 0 aliphatic heterocycles. The highest BCUT2D eigenvalue weighted by Gasteiger charge is 2.23. The SMILES string of the molecule is CC(C)c1c2ccccc2c(C(C)C)c2c3ccc(-c4ccc5ccccc5c4)cc3c3cc(-c4ccc5ccccc5c4)ccc3c12. The maximum absolute atomic E-state index is 2.46. The molecule has 9 rings (SSSR count). The maximum Gasteiger partial charge on any atom is -0.00549 e. The van der Waals surface area contributed by atoms with Gasteiger partial charge in [0.2, 0.25) is 0 Å². The van der Waals surface area contributed by atoms with Gasteiger partial charge in [-0.05, 0) is 134 Å². The number of benzene rings is 9. The molecule has 0 aliphatic rings. The van der Waals surface area contributed by atoms with Gasteiger partial charge in [-0.3, -0.25) is 0 Å². The lowest BCUT2D eigenvalue weighted by molar-refractivity contribution is 0.874. The Hall–Kier alpha value is -5.46. The van der Waals surface area contributed by atoms with E-state index in [2.05, 4.69) is 173 Å². The summed E-state index contributed by atoms with van der Waals surface area (Å²) in [5.74, 6) is 0.743. The number of hydrogen-bond donors (Lipinski definition) is 0. The molecule has 0 aliphatic carbocycles. The van der Waals surface area contributed by atoms with Gasteiger partial charge in [0.05, 0.1) is 0 Å². The van der Waals surface area contributed by atoms with E-state index in [0.717, 1.165) is 0 Å². The smallest absolute Gasteiger partial charge is 0.00549 e. The number of hydrogen-bond acceptors (Lipinski definition) is 0. The van der Waals surface area contributed by atoms with Gasteiger partial charge in [-0.15, -0.1) is 0 Å². The fourth-order valence-electron chi connectivity index (χ4n) is 8.32. The van der Waals surface area contributed by atoms with E-state index in [1.54, 1.807) is 0 Å². The molecule has 48 heavy (non-hydrogen) atoms. The van der Waals surface area contributed by atoms with Gasteiger partial charge < -0.3 is 0 Å². The van der Waals surface area contributed by atoms with Crippen LogP contribution in [-0.2, 0) is 0 Å². The summed E-state index contributed by atoms with van der Waals surface area (Å²) in [4.78, 5) is 0. The van der Waals surface area contributed by atoms with Crippen molar-refractivity contribution >= 4 is 64.6 Å². The van der Waals surface area contributed by atoms with Crippen molar-refractivity contribution in [1.82, 2.24) is 0 Å². The molecule has 9 aromatic rings. The van der Waals surface area contributed by atoms with Crippen molar-refractivity contribution in [2.75, 3.05) is 0 Å². The summed E-state index contributed by atoms with van der Waals surface area (Å²) >= 11 is 0. The summed E-state index contributed by atoms with van der Waals surface area (Å²) in [7, 11) is 0. The fraction of sp³-hybridized carbons (Fsp3) is 0.125. The summed E-state index contributed by atoms with van der Waals surface area (Å²) in [6, 6.07) is 54.6. The highest BCUT2D eigenvalue weighted by molar-refractivity contribution is 6.31. The third-order valence-corrected chi connectivity index (χ3v) is 10.5. The van der Waals surface area contributed by atoms with Crippen LogP contribution in [0.5, 0.6) is 0 Å². The lowest BCUT2D eigenvalue weighted by atomic mass is 9.79. The zero-order chi connectivity index (χ0) is 32.5. The molecule has 0 amide bonds. The average Bonchev–Trinajstić information content (AvgIpc) is 3.12. The zero-order valence-corrected chi connectivity index (χ0v) is 28.0. The minimum atomic E-state index is 0.372. The first-order valence-corrected chi connectivity index (χ1v) is 17.3. The van der Waals surface area contributed by atoms with Gasteiger partial charge in [0, 0.05) is 0 Å². The summed E-state index contributed by atoms with van der Waals surface area (Å²) in [6.45, 7) is 9.44. The summed E-state index contributed by atoms with van der Waals surface area (Å²) in [5, 5.41) is 16.0. The van der Waals surface area contributed by atoms with Crippen LogP contribution >= 0.6 is 0 Å². The van der Waals surface area contributed by atoms with Gasteiger partial charge >= 0.3 is 0 Å². The molecule has 9 aromatic carbocycles. The molecule has 0 heteroatoms. The van der Waals surface area contributed by atoms with Crippen LogP contribution in [0.1, 0.15) is 50.7 Å². The molecule has 0 aromatic heterocycles. The first kappa shape index (κ1) is 28.7. The van der Waals surface area contributed by atoms with Crippen LogP contribution < -0.4 is 0 Å². The highest BCUT2D eigenvalue weighted by Crippen LogP contribution is 2.48. The molecule has 0 bridgehead atoms. The second kappa shape index (κ2) is 11.1. The Kier molecular flexibility index (Phi) is 6.63.